The van der Waals surface area contributed by atoms with Crippen molar-refractivity contribution in [3.8, 4) is 5.75 Å². The lowest BCUT2D eigenvalue weighted by molar-refractivity contribution is -0.385. The number of fused-ring (bicyclic) bond motifs is 1. The first-order valence-corrected chi connectivity index (χ1v) is 6.94. The van der Waals surface area contributed by atoms with E-state index in [-0.39, 0.29) is 17.3 Å². The van der Waals surface area contributed by atoms with Crippen LogP contribution in [0.25, 0.3) is 0 Å². The second kappa shape index (κ2) is 6.53. The number of benzene rings is 1. The van der Waals surface area contributed by atoms with E-state index in [9.17, 15) is 14.9 Å². The summed E-state index contributed by atoms with van der Waals surface area (Å²) >= 11 is 0. The van der Waals surface area contributed by atoms with E-state index >= 15 is 0 Å². The van der Waals surface area contributed by atoms with E-state index in [2.05, 4.69) is 10.6 Å². The molecule has 0 saturated heterocycles. The number of ether oxygens (including phenoxy) is 1. The Morgan fingerprint density at radius 2 is 2.19 bits per heavy atom. The van der Waals surface area contributed by atoms with Crippen LogP contribution in [0.4, 0.5) is 11.4 Å². The molecule has 0 unspecified atom stereocenters. The minimum absolute atomic E-state index is 0.119. The summed E-state index contributed by atoms with van der Waals surface area (Å²) in [5.41, 5.74) is 1.25. The Labute approximate surface area is 122 Å². The van der Waals surface area contributed by atoms with Crippen molar-refractivity contribution in [2.75, 3.05) is 18.5 Å². The number of anilines is 1. The lowest BCUT2D eigenvalue weighted by atomic mass is 10.0. The van der Waals surface area contributed by atoms with Crippen LogP contribution in [-0.4, -0.2) is 30.0 Å². The van der Waals surface area contributed by atoms with Gasteiger partial charge in [-0.25, -0.2) is 0 Å². The van der Waals surface area contributed by atoms with Crippen molar-refractivity contribution in [2.45, 2.75) is 32.7 Å². The van der Waals surface area contributed by atoms with Crippen LogP contribution in [0.2, 0.25) is 0 Å². The van der Waals surface area contributed by atoms with Crippen molar-refractivity contribution in [2.24, 2.45) is 0 Å². The molecule has 0 fully saturated rings. The summed E-state index contributed by atoms with van der Waals surface area (Å²) < 4.78 is 5.52. The minimum atomic E-state index is -0.494. The van der Waals surface area contributed by atoms with Crippen molar-refractivity contribution in [1.29, 1.82) is 0 Å². The highest BCUT2D eigenvalue weighted by atomic mass is 16.6. The number of nitro benzene ring substituents is 1. The van der Waals surface area contributed by atoms with E-state index in [1.165, 1.54) is 6.07 Å². The molecule has 1 aromatic carbocycles. The Hall–Kier alpha value is -2.15. The first-order chi connectivity index (χ1) is 9.97. The highest BCUT2D eigenvalue weighted by Crippen LogP contribution is 2.35. The molecule has 7 heteroatoms. The molecule has 21 heavy (non-hydrogen) atoms. The fourth-order valence-corrected chi connectivity index (χ4v) is 2.16. The molecule has 7 nitrogen and oxygen atoms in total. The monoisotopic (exact) mass is 293 g/mol. The van der Waals surface area contributed by atoms with Crippen LogP contribution in [0.3, 0.4) is 0 Å². The number of rotatable bonds is 6. The minimum Gasteiger partial charge on any atom is -0.485 e. The second-order valence-electron chi connectivity index (χ2n) is 5.24. The lowest BCUT2D eigenvalue weighted by Crippen LogP contribution is -2.27. The first kappa shape index (κ1) is 15.2. The van der Waals surface area contributed by atoms with Gasteiger partial charge >= 0.3 is 5.69 Å². The zero-order chi connectivity index (χ0) is 15.4. The second-order valence-corrected chi connectivity index (χ2v) is 5.24. The van der Waals surface area contributed by atoms with Crippen LogP contribution in [0.1, 0.15) is 25.8 Å². The van der Waals surface area contributed by atoms with Gasteiger partial charge in [0.15, 0.2) is 5.75 Å². The number of nitro groups is 1. The predicted molar refractivity (Wildman–Crippen MR) is 78.7 cm³/mol. The molecule has 2 N–H and O–H groups in total. The van der Waals surface area contributed by atoms with Crippen molar-refractivity contribution >= 4 is 17.3 Å². The van der Waals surface area contributed by atoms with Gasteiger partial charge in [-0.1, -0.05) is 13.8 Å². The Morgan fingerprint density at radius 1 is 1.43 bits per heavy atom. The summed E-state index contributed by atoms with van der Waals surface area (Å²) in [6.45, 7) is 5.00. The average Bonchev–Trinajstić information content (AvgIpc) is 2.42. The van der Waals surface area contributed by atoms with Crippen molar-refractivity contribution in [1.82, 2.24) is 5.32 Å². The SMILES string of the molecule is CC(C)NCCOc1cc2c(cc1[N+](=O)[O-])NC(=O)CC2. The topological polar surface area (TPSA) is 93.5 Å². The molecule has 0 radical (unpaired) electrons. The maximum absolute atomic E-state index is 11.3. The number of aryl methyl sites for hydroxylation is 1. The van der Waals surface area contributed by atoms with Crippen LogP contribution in [0.15, 0.2) is 12.1 Å². The van der Waals surface area contributed by atoms with Crippen molar-refractivity contribution in [3.63, 3.8) is 0 Å². The first-order valence-electron chi connectivity index (χ1n) is 6.94. The Kier molecular flexibility index (Phi) is 4.74. The maximum atomic E-state index is 11.3. The molecule has 1 aliphatic heterocycles. The van der Waals surface area contributed by atoms with E-state index in [1.54, 1.807) is 6.07 Å². The van der Waals surface area contributed by atoms with Gasteiger partial charge in [0.05, 0.1) is 10.6 Å². The number of amides is 1. The standard InChI is InChI=1S/C14H19N3O4/c1-9(2)15-5-6-21-13-7-10-3-4-14(18)16-11(10)8-12(13)17(19)20/h7-9,15H,3-6H2,1-2H3,(H,16,18). The van der Waals surface area contributed by atoms with Crippen LogP contribution >= 0.6 is 0 Å². The molecule has 1 aliphatic rings. The van der Waals surface area contributed by atoms with Gasteiger partial charge in [0.1, 0.15) is 6.61 Å². The molecule has 0 aliphatic carbocycles. The Bertz CT molecular complexity index is 557. The lowest BCUT2D eigenvalue weighted by Gasteiger charge is -2.18. The smallest absolute Gasteiger partial charge is 0.313 e. The van der Waals surface area contributed by atoms with Gasteiger partial charge in [-0.3, -0.25) is 14.9 Å². The fourth-order valence-electron chi connectivity index (χ4n) is 2.16. The van der Waals surface area contributed by atoms with E-state index in [1.807, 2.05) is 13.8 Å². The van der Waals surface area contributed by atoms with E-state index in [0.29, 0.717) is 37.7 Å². The number of hydrogen-bond acceptors (Lipinski definition) is 5. The summed E-state index contributed by atoms with van der Waals surface area (Å²) in [7, 11) is 0. The number of nitrogens with zero attached hydrogens (tertiary/aromatic N) is 1. The highest BCUT2D eigenvalue weighted by Gasteiger charge is 2.23. The molecule has 0 aromatic heterocycles. The summed E-state index contributed by atoms with van der Waals surface area (Å²) in [5.74, 6) is 0.132. The summed E-state index contributed by atoms with van der Waals surface area (Å²) in [5, 5.41) is 17.0. The van der Waals surface area contributed by atoms with Crippen LogP contribution in [-0.2, 0) is 11.2 Å². The summed E-state index contributed by atoms with van der Waals surface area (Å²) in [6, 6.07) is 3.36. The Balaban J connectivity index is 2.15. The van der Waals surface area contributed by atoms with Gasteiger partial charge < -0.3 is 15.4 Å². The average molecular weight is 293 g/mol. The van der Waals surface area contributed by atoms with E-state index in [0.717, 1.165) is 5.56 Å². The van der Waals surface area contributed by atoms with Gasteiger partial charge in [-0.2, -0.15) is 0 Å². The Morgan fingerprint density at radius 3 is 2.86 bits per heavy atom. The van der Waals surface area contributed by atoms with Crippen molar-refractivity contribution in [3.05, 3.63) is 27.8 Å². The molecule has 1 heterocycles. The van der Waals surface area contributed by atoms with Gasteiger partial charge in [-0.05, 0) is 18.1 Å². The molecule has 0 atom stereocenters. The van der Waals surface area contributed by atoms with E-state index < -0.39 is 4.92 Å². The zero-order valence-electron chi connectivity index (χ0n) is 12.1. The van der Waals surface area contributed by atoms with Gasteiger partial charge in [0, 0.05) is 25.1 Å². The molecule has 0 bridgehead atoms. The van der Waals surface area contributed by atoms with Crippen molar-refractivity contribution < 1.29 is 14.5 Å². The molecule has 2 rings (SSSR count). The summed E-state index contributed by atoms with van der Waals surface area (Å²) in [6.07, 6.45) is 0.957. The highest BCUT2D eigenvalue weighted by molar-refractivity contribution is 5.94. The number of hydrogen-bond donors (Lipinski definition) is 2. The quantitative estimate of drug-likeness (QED) is 0.474. The normalized spacial score (nSPS) is 13.8. The third-order valence-electron chi connectivity index (χ3n) is 3.19. The number of carbonyl (C=O) groups is 1. The molecular weight excluding hydrogens is 274 g/mol. The van der Waals surface area contributed by atoms with Gasteiger partial charge in [-0.15, -0.1) is 0 Å². The third-order valence-corrected chi connectivity index (χ3v) is 3.19. The maximum Gasteiger partial charge on any atom is 0.313 e. The predicted octanol–water partition coefficient (Wildman–Crippen LogP) is 1.86. The molecule has 1 amide bonds. The zero-order valence-corrected chi connectivity index (χ0v) is 12.1. The van der Waals surface area contributed by atoms with Gasteiger partial charge in [0.25, 0.3) is 0 Å². The molecule has 114 valence electrons. The molecule has 0 spiro atoms. The van der Waals surface area contributed by atoms with Crippen LogP contribution in [0.5, 0.6) is 5.75 Å². The largest absolute Gasteiger partial charge is 0.485 e. The van der Waals surface area contributed by atoms with Crippen LogP contribution in [0, 0.1) is 10.1 Å². The van der Waals surface area contributed by atoms with Gasteiger partial charge in [0.2, 0.25) is 5.91 Å². The molecule has 0 saturated carbocycles. The molecule has 1 aromatic rings. The fraction of sp³-hybridized carbons (Fsp3) is 0.500. The summed E-state index contributed by atoms with van der Waals surface area (Å²) in [4.78, 5) is 22.0. The number of nitrogens with one attached hydrogen (secondary N) is 2. The van der Waals surface area contributed by atoms with Crippen LogP contribution < -0.4 is 15.4 Å². The third kappa shape index (κ3) is 3.91. The molecular formula is C14H19N3O4. The number of carbonyl (C=O) groups excluding carboxylic acids is 1. The van der Waals surface area contributed by atoms with E-state index in [4.69, 9.17) is 4.74 Å².